The normalized spacial score (nSPS) is 20.0. The Labute approximate surface area is 196 Å². The van der Waals surface area contributed by atoms with Crippen LogP contribution < -0.4 is 4.90 Å². The highest BCUT2D eigenvalue weighted by atomic mass is 32.2. The molecule has 0 atom stereocenters. The molecule has 33 heavy (non-hydrogen) atoms. The first kappa shape index (κ1) is 24.1. The first-order chi connectivity index (χ1) is 15.7. The maximum atomic E-state index is 13.0. The van der Waals surface area contributed by atoms with E-state index in [9.17, 15) is 16.8 Å². The SMILES string of the molecule is Cc1ccc(S(=O)(=O)N2CCCN(c3ccc(S(=O)(=O)N4CCN(C)CC4)cn3)CC2)cc1. The maximum absolute atomic E-state index is 13.0. The Morgan fingerprint density at radius 1 is 0.697 bits per heavy atom. The van der Waals surface area contributed by atoms with E-state index in [1.165, 1.54) is 14.8 Å². The molecule has 0 bridgehead atoms. The number of aryl methyl sites for hydroxylation is 1. The van der Waals surface area contributed by atoms with E-state index in [2.05, 4.69) is 9.88 Å². The van der Waals surface area contributed by atoms with Crippen molar-refractivity contribution in [1.29, 1.82) is 0 Å². The number of likely N-dealkylation sites (N-methyl/N-ethyl adjacent to an activating group) is 1. The molecule has 0 N–H and O–H groups in total. The Bertz CT molecular complexity index is 1160. The van der Waals surface area contributed by atoms with Gasteiger partial charge < -0.3 is 9.80 Å². The molecule has 9 nitrogen and oxygen atoms in total. The van der Waals surface area contributed by atoms with Gasteiger partial charge in [0.2, 0.25) is 20.0 Å². The minimum Gasteiger partial charge on any atom is -0.355 e. The number of nitrogens with zero attached hydrogens (tertiary/aromatic N) is 5. The Hall–Kier alpha value is -2.05. The van der Waals surface area contributed by atoms with Crippen molar-refractivity contribution in [2.45, 2.75) is 23.1 Å². The van der Waals surface area contributed by atoms with Crippen molar-refractivity contribution >= 4 is 25.9 Å². The van der Waals surface area contributed by atoms with Crippen LogP contribution >= 0.6 is 0 Å². The first-order valence-electron chi connectivity index (χ1n) is 11.1. The predicted octanol–water partition coefficient (Wildman–Crippen LogP) is 1.23. The van der Waals surface area contributed by atoms with Gasteiger partial charge in [0.15, 0.2) is 0 Å². The minimum atomic E-state index is -3.56. The zero-order valence-electron chi connectivity index (χ0n) is 19.1. The molecule has 4 rings (SSSR count). The third-order valence-electron chi connectivity index (χ3n) is 6.26. The summed E-state index contributed by atoms with van der Waals surface area (Å²) in [5.41, 5.74) is 1.01. The van der Waals surface area contributed by atoms with Gasteiger partial charge in [-0.1, -0.05) is 17.7 Å². The van der Waals surface area contributed by atoms with Gasteiger partial charge in [0.1, 0.15) is 10.7 Å². The second-order valence-electron chi connectivity index (χ2n) is 8.62. The average molecular weight is 494 g/mol. The monoisotopic (exact) mass is 493 g/mol. The van der Waals surface area contributed by atoms with Crippen molar-refractivity contribution in [2.24, 2.45) is 0 Å². The van der Waals surface area contributed by atoms with Crippen LogP contribution in [0.15, 0.2) is 52.4 Å². The third-order valence-corrected chi connectivity index (χ3v) is 10.1. The first-order valence-corrected chi connectivity index (χ1v) is 14.0. The van der Waals surface area contributed by atoms with Gasteiger partial charge in [0, 0.05) is 58.6 Å². The predicted molar refractivity (Wildman–Crippen MR) is 127 cm³/mol. The van der Waals surface area contributed by atoms with Crippen LogP contribution in [-0.2, 0) is 20.0 Å². The summed E-state index contributed by atoms with van der Waals surface area (Å²) in [5, 5.41) is 0. The van der Waals surface area contributed by atoms with Gasteiger partial charge in [-0.25, -0.2) is 21.8 Å². The van der Waals surface area contributed by atoms with Crippen molar-refractivity contribution in [3.63, 3.8) is 0 Å². The zero-order valence-corrected chi connectivity index (χ0v) is 20.7. The lowest BCUT2D eigenvalue weighted by atomic mass is 10.2. The molecule has 2 fully saturated rings. The van der Waals surface area contributed by atoms with Crippen LogP contribution in [0.2, 0.25) is 0 Å². The fourth-order valence-corrected chi connectivity index (χ4v) is 6.95. The molecular weight excluding hydrogens is 462 g/mol. The van der Waals surface area contributed by atoms with E-state index in [0.29, 0.717) is 69.5 Å². The largest absolute Gasteiger partial charge is 0.355 e. The molecule has 0 saturated carbocycles. The summed E-state index contributed by atoms with van der Waals surface area (Å²) in [6.07, 6.45) is 2.07. The van der Waals surface area contributed by atoms with Crippen LogP contribution in [0.1, 0.15) is 12.0 Å². The third kappa shape index (κ3) is 5.22. The van der Waals surface area contributed by atoms with E-state index in [1.54, 1.807) is 36.4 Å². The van der Waals surface area contributed by atoms with Crippen LogP contribution in [0, 0.1) is 6.92 Å². The Kier molecular flexibility index (Phi) is 7.06. The van der Waals surface area contributed by atoms with Gasteiger partial charge in [0.25, 0.3) is 0 Å². The van der Waals surface area contributed by atoms with Gasteiger partial charge in [-0.05, 0) is 44.7 Å². The van der Waals surface area contributed by atoms with E-state index in [-0.39, 0.29) is 4.90 Å². The molecule has 2 aliphatic heterocycles. The molecule has 0 amide bonds. The summed E-state index contributed by atoms with van der Waals surface area (Å²) in [6.45, 7) is 6.20. The lowest BCUT2D eigenvalue weighted by molar-refractivity contribution is 0.222. The molecule has 2 aromatic rings. The molecule has 2 saturated heterocycles. The number of rotatable bonds is 5. The van der Waals surface area contributed by atoms with E-state index in [1.807, 2.05) is 18.9 Å². The van der Waals surface area contributed by atoms with Crippen molar-refractivity contribution in [3.8, 4) is 0 Å². The Balaban J connectivity index is 1.44. The van der Waals surface area contributed by atoms with E-state index in [4.69, 9.17) is 0 Å². The van der Waals surface area contributed by atoms with E-state index < -0.39 is 20.0 Å². The Morgan fingerprint density at radius 2 is 1.27 bits per heavy atom. The zero-order chi connectivity index (χ0) is 23.6. The molecule has 2 aliphatic rings. The lowest BCUT2D eigenvalue weighted by Gasteiger charge is -2.31. The maximum Gasteiger partial charge on any atom is 0.244 e. The van der Waals surface area contributed by atoms with Gasteiger partial charge >= 0.3 is 0 Å². The summed E-state index contributed by atoms with van der Waals surface area (Å²) >= 11 is 0. The van der Waals surface area contributed by atoms with Crippen LogP contribution in [0.3, 0.4) is 0 Å². The van der Waals surface area contributed by atoms with Crippen molar-refractivity contribution in [3.05, 3.63) is 48.2 Å². The highest BCUT2D eigenvalue weighted by Gasteiger charge is 2.29. The second-order valence-corrected chi connectivity index (χ2v) is 12.5. The van der Waals surface area contributed by atoms with Gasteiger partial charge in [-0.3, -0.25) is 0 Å². The molecule has 1 aromatic heterocycles. The average Bonchev–Trinajstić information content (AvgIpc) is 3.07. The molecule has 180 valence electrons. The highest BCUT2D eigenvalue weighted by molar-refractivity contribution is 7.89. The molecule has 0 radical (unpaired) electrons. The van der Waals surface area contributed by atoms with Crippen molar-refractivity contribution in [2.75, 3.05) is 64.3 Å². The van der Waals surface area contributed by atoms with Crippen LogP contribution in [0.25, 0.3) is 0 Å². The number of hydrogen-bond donors (Lipinski definition) is 0. The molecule has 1 aromatic carbocycles. The van der Waals surface area contributed by atoms with E-state index >= 15 is 0 Å². The molecule has 0 spiro atoms. The fourth-order valence-electron chi connectivity index (χ4n) is 4.11. The van der Waals surface area contributed by atoms with Gasteiger partial charge in [0.05, 0.1) is 4.90 Å². The molecule has 3 heterocycles. The number of hydrogen-bond acceptors (Lipinski definition) is 7. The van der Waals surface area contributed by atoms with Crippen LogP contribution in [-0.4, -0.2) is 94.7 Å². The number of piperazine rings is 1. The minimum absolute atomic E-state index is 0.189. The molecule has 0 unspecified atom stereocenters. The number of benzene rings is 1. The number of aromatic nitrogens is 1. The summed E-state index contributed by atoms with van der Waals surface area (Å²) in [4.78, 5) is 9.03. The number of anilines is 1. The summed E-state index contributed by atoms with van der Waals surface area (Å²) in [6, 6.07) is 10.2. The molecule has 11 heteroatoms. The number of sulfonamides is 2. The van der Waals surface area contributed by atoms with Crippen molar-refractivity contribution in [1.82, 2.24) is 18.5 Å². The quantitative estimate of drug-likeness (QED) is 0.618. The fraction of sp³-hybridized carbons (Fsp3) is 0.500. The van der Waals surface area contributed by atoms with Gasteiger partial charge in [-0.2, -0.15) is 8.61 Å². The standard InChI is InChI=1S/C22H31N5O4S2/c1-19-4-6-20(7-5-19)32(28,29)26-11-3-10-25(14-17-26)22-9-8-21(18-23-22)33(30,31)27-15-12-24(2)13-16-27/h4-9,18H,3,10-17H2,1-2H3. The Morgan fingerprint density at radius 3 is 1.91 bits per heavy atom. The van der Waals surface area contributed by atoms with Crippen LogP contribution in [0.4, 0.5) is 5.82 Å². The van der Waals surface area contributed by atoms with Crippen molar-refractivity contribution < 1.29 is 16.8 Å². The smallest absolute Gasteiger partial charge is 0.244 e. The topological polar surface area (TPSA) is 94.1 Å². The molecule has 0 aliphatic carbocycles. The summed E-state index contributed by atoms with van der Waals surface area (Å²) in [7, 11) is -5.14. The summed E-state index contributed by atoms with van der Waals surface area (Å²) in [5.74, 6) is 0.655. The van der Waals surface area contributed by atoms with Gasteiger partial charge in [-0.15, -0.1) is 0 Å². The van der Waals surface area contributed by atoms with E-state index in [0.717, 1.165) is 5.56 Å². The lowest BCUT2D eigenvalue weighted by Crippen LogP contribution is -2.47. The van der Waals surface area contributed by atoms with Crippen LogP contribution in [0.5, 0.6) is 0 Å². The molecular formula is C22H31N5O4S2. The highest BCUT2D eigenvalue weighted by Crippen LogP contribution is 2.22. The second kappa shape index (κ2) is 9.67. The summed E-state index contributed by atoms with van der Waals surface area (Å²) < 4.78 is 54.9. The number of pyridine rings is 1.